The number of para-hydroxylation sites is 1. The van der Waals surface area contributed by atoms with Gasteiger partial charge in [0.25, 0.3) is 5.91 Å². The van der Waals surface area contributed by atoms with Crippen molar-refractivity contribution in [2.24, 2.45) is 0 Å². The summed E-state index contributed by atoms with van der Waals surface area (Å²) in [7, 11) is 0. The average Bonchev–Trinajstić information content (AvgIpc) is 2.63. The first-order valence-corrected chi connectivity index (χ1v) is 8.60. The predicted octanol–water partition coefficient (Wildman–Crippen LogP) is 3.28. The number of anilines is 1. The Morgan fingerprint density at radius 3 is 2.17 bits per heavy atom. The van der Waals surface area contributed by atoms with Gasteiger partial charge in [0.1, 0.15) is 0 Å². The monoisotopic (exact) mass is 339 g/mol. The molecular formula is C19H21N3OS. The lowest BCUT2D eigenvalue weighted by molar-refractivity contribution is 0.0710. The normalized spacial score (nSPS) is 14.9. The van der Waals surface area contributed by atoms with E-state index in [1.165, 1.54) is 0 Å². The highest BCUT2D eigenvalue weighted by Crippen LogP contribution is 2.14. The molecule has 0 unspecified atom stereocenters. The maximum Gasteiger partial charge on any atom is 0.253 e. The number of rotatable bonds is 3. The molecule has 4 nitrogen and oxygen atoms in total. The molecule has 0 bridgehead atoms. The summed E-state index contributed by atoms with van der Waals surface area (Å²) in [5.41, 5.74) is 1.73. The zero-order valence-electron chi connectivity index (χ0n) is 13.4. The predicted molar refractivity (Wildman–Crippen MR) is 101 cm³/mol. The van der Waals surface area contributed by atoms with E-state index >= 15 is 0 Å². The Balaban J connectivity index is 1.47. The molecule has 1 saturated heterocycles. The number of amides is 1. The summed E-state index contributed by atoms with van der Waals surface area (Å²) in [6.45, 7) is 1.50. The lowest BCUT2D eigenvalue weighted by Gasteiger charge is -2.33. The summed E-state index contributed by atoms with van der Waals surface area (Å²) in [5, 5.41) is 7.17. The van der Waals surface area contributed by atoms with Gasteiger partial charge in [-0.3, -0.25) is 4.79 Å². The fourth-order valence-corrected chi connectivity index (χ4v) is 3.15. The Hall–Kier alpha value is -2.40. The molecule has 1 heterocycles. The number of hydrogen-bond acceptors (Lipinski definition) is 2. The quantitative estimate of drug-likeness (QED) is 0.843. The number of likely N-dealkylation sites (tertiary alicyclic amines) is 1. The molecule has 2 aromatic rings. The first kappa shape index (κ1) is 16.5. The molecule has 0 atom stereocenters. The summed E-state index contributed by atoms with van der Waals surface area (Å²) in [6, 6.07) is 19.6. The number of benzene rings is 2. The third kappa shape index (κ3) is 4.32. The highest BCUT2D eigenvalue weighted by molar-refractivity contribution is 7.80. The minimum atomic E-state index is 0.110. The van der Waals surface area contributed by atoms with Crippen LogP contribution < -0.4 is 10.6 Å². The van der Waals surface area contributed by atoms with Gasteiger partial charge in [0.15, 0.2) is 5.11 Å². The van der Waals surface area contributed by atoms with E-state index < -0.39 is 0 Å². The minimum absolute atomic E-state index is 0.110. The second kappa shape index (κ2) is 7.93. The average molecular weight is 339 g/mol. The Morgan fingerprint density at radius 1 is 0.958 bits per heavy atom. The van der Waals surface area contributed by atoms with Gasteiger partial charge in [0.2, 0.25) is 0 Å². The van der Waals surface area contributed by atoms with Gasteiger partial charge in [-0.2, -0.15) is 0 Å². The minimum Gasteiger partial charge on any atom is -0.360 e. The van der Waals surface area contributed by atoms with Crippen molar-refractivity contribution in [1.29, 1.82) is 0 Å². The van der Waals surface area contributed by atoms with E-state index in [0.29, 0.717) is 11.2 Å². The largest absolute Gasteiger partial charge is 0.360 e. The van der Waals surface area contributed by atoms with Gasteiger partial charge in [-0.25, -0.2) is 0 Å². The number of nitrogens with one attached hydrogen (secondary N) is 2. The van der Waals surface area contributed by atoms with Gasteiger partial charge in [-0.1, -0.05) is 36.4 Å². The number of carbonyl (C=O) groups excluding carboxylic acids is 1. The Kier molecular flexibility index (Phi) is 5.43. The lowest BCUT2D eigenvalue weighted by Crippen LogP contribution is -2.47. The molecule has 1 fully saturated rings. The van der Waals surface area contributed by atoms with Crippen LogP contribution in [0.5, 0.6) is 0 Å². The Bertz CT molecular complexity index is 682. The second-order valence-electron chi connectivity index (χ2n) is 5.90. The number of carbonyl (C=O) groups is 1. The number of nitrogens with zero attached hydrogens (tertiary/aromatic N) is 1. The van der Waals surface area contributed by atoms with Gasteiger partial charge in [-0.15, -0.1) is 0 Å². The summed E-state index contributed by atoms with van der Waals surface area (Å²) < 4.78 is 0. The molecule has 5 heteroatoms. The number of thiocarbonyl (C=S) groups is 1. The summed E-state index contributed by atoms with van der Waals surface area (Å²) in [6.07, 6.45) is 1.80. The molecule has 3 rings (SSSR count). The molecule has 1 aliphatic heterocycles. The summed E-state index contributed by atoms with van der Waals surface area (Å²) in [4.78, 5) is 14.4. The van der Waals surface area contributed by atoms with Crippen LogP contribution in [0.15, 0.2) is 60.7 Å². The van der Waals surface area contributed by atoms with Gasteiger partial charge in [0.05, 0.1) is 0 Å². The fourth-order valence-electron chi connectivity index (χ4n) is 2.86. The van der Waals surface area contributed by atoms with Crippen molar-refractivity contribution in [3.8, 4) is 0 Å². The van der Waals surface area contributed by atoms with Crippen LogP contribution in [0.2, 0.25) is 0 Å². The molecule has 24 heavy (non-hydrogen) atoms. The summed E-state index contributed by atoms with van der Waals surface area (Å²) in [5.74, 6) is 0.110. The fraction of sp³-hybridized carbons (Fsp3) is 0.263. The van der Waals surface area contributed by atoms with Gasteiger partial charge < -0.3 is 15.5 Å². The SMILES string of the molecule is O=C(c1ccccc1)N1CCC(NC(=S)Nc2ccccc2)CC1. The molecule has 0 aromatic heterocycles. The molecule has 124 valence electrons. The smallest absolute Gasteiger partial charge is 0.253 e. The van der Waals surface area contributed by atoms with Crippen molar-refractivity contribution in [2.75, 3.05) is 18.4 Å². The first-order chi connectivity index (χ1) is 11.7. The van der Waals surface area contributed by atoms with Crippen molar-refractivity contribution in [1.82, 2.24) is 10.2 Å². The van der Waals surface area contributed by atoms with Gasteiger partial charge in [-0.05, 0) is 49.3 Å². The van der Waals surface area contributed by atoms with Crippen molar-refractivity contribution < 1.29 is 4.79 Å². The first-order valence-electron chi connectivity index (χ1n) is 8.19. The van der Waals surface area contributed by atoms with Crippen LogP contribution in [0.25, 0.3) is 0 Å². The standard InChI is InChI=1S/C19H21N3OS/c23-18(15-7-3-1-4-8-15)22-13-11-17(12-14-22)21-19(24)20-16-9-5-2-6-10-16/h1-10,17H,11-14H2,(H2,20,21,24). The lowest BCUT2D eigenvalue weighted by atomic mass is 10.0. The third-order valence-electron chi connectivity index (χ3n) is 4.17. The van der Waals surface area contributed by atoms with E-state index in [-0.39, 0.29) is 5.91 Å². The highest BCUT2D eigenvalue weighted by atomic mass is 32.1. The van der Waals surface area contributed by atoms with E-state index in [2.05, 4.69) is 10.6 Å². The van der Waals surface area contributed by atoms with Crippen molar-refractivity contribution >= 4 is 28.9 Å². The molecule has 0 aliphatic carbocycles. The molecule has 0 saturated carbocycles. The third-order valence-corrected chi connectivity index (χ3v) is 4.39. The van der Waals surface area contributed by atoms with Crippen LogP contribution in [-0.2, 0) is 0 Å². The van der Waals surface area contributed by atoms with Crippen molar-refractivity contribution in [3.05, 3.63) is 66.2 Å². The van der Waals surface area contributed by atoms with E-state index in [1.54, 1.807) is 0 Å². The van der Waals surface area contributed by atoms with Crippen LogP contribution in [0.4, 0.5) is 5.69 Å². The van der Waals surface area contributed by atoms with Crippen LogP contribution in [0.1, 0.15) is 23.2 Å². The molecule has 0 radical (unpaired) electrons. The Morgan fingerprint density at radius 2 is 1.54 bits per heavy atom. The van der Waals surface area contributed by atoms with Crippen LogP contribution in [-0.4, -0.2) is 35.1 Å². The van der Waals surface area contributed by atoms with Crippen LogP contribution in [0.3, 0.4) is 0 Å². The zero-order valence-corrected chi connectivity index (χ0v) is 14.3. The van der Waals surface area contributed by atoms with Gasteiger partial charge in [0, 0.05) is 30.4 Å². The molecule has 0 spiro atoms. The van der Waals surface area contributed by atoms with Gasteiger partial charge >= 0.3 is 0 Å². The summed E-state index contributed by atoms with van der Waals surface area (Å²) >= 11 is 5.37. The van der Waals surface area contributed by atoms with Crippen LogP contribution in [0, 0.1) is 0 Å². The number of hydrogen-bond donors (Lipinski definition) is 2. The molecular weight excluding hydrogens is 318 g/mol. The second-order valence-corrected chi connectivity index (χ2v) is 6.31. The Labute approximate surface area is 147 Å². The van der Waals surface area contributed by atoms with E-state index in [4.69, 9.17) is 12.2 Å². The molecule has 1 amide bonds. The topological polar surface area (TPSA) is 44.4 Å². The van der Waals surface area contributed by atoms with E-state index in [1.807, 2.05) is 65.6 Å². The van der Waals surface area contributed by atoms with E-state index in [0.717, 1.165) is 37.2 Å². The molecule has 2 N–H and O–H groups in total. The molecule has 1 aliphatic rings. The van der Waals surface area contributed by atoms with Crippen molar-refractivity contribution in [2.45, 2.75) is 18.9 Å². The van der Waals surface area contributed by atoms with E-state index in [9.17, 15) is 4.79 Å². The zero-order chi connectivity index (χ0) is 16.8. The molecule has 2 aromatic carbocycles. The van der Waals surface area contributed by atoms with Crippen LogP contribution >= 0.6 is 12.2 Å². The highest BCUT2D eigenvalue weighted by Gasteiger charge is 2.23. The van der Waals surface area contributed by atoms with Crippen molar-refractivity contribution in [3.63, 3.8) is 0 Å². The maximum absolute atomic E-state index is 12.4. The maximum atomic E-state index is 12.4. The number of piperidine rings is 1.